The van der Waals surface area contributed by atoms with Gasteiger partial charge < -0.3 is 10.2 Å². The second kappa shape index (κ2) is 6.80. The summed E-state index contributed by atoms with van der Waals surface area (Å²) in [6, 6.07) is 10.4. The number of hydrogen-bond acceptors (Lipinski definition) is 3. The third kappa shape index (κ3) is 3.58. The molecule has 1 aromatic carbocycles. The number of piperazine rings is 1. The lowest BCUT2D eigenvalue weighted by Gasteiger charge is -2.38. The molecule has 2 aliphatic rings. The van der Waals surface area contributed by atoms with Gasteiger partial charge in [0.1, 0.15) is 0 Å². The number of nitrogens with zero attached hydrogens (tertiary/aromatic N) is 2. The predicted octanol–water partition coefficient (Wildman–Crippen LogP) is 3.03. The Bertz CT molecular complexity index is 444. The molecule has 0 radical (unpaired) electrons. The molecular weight excluding hydrogens is 258 g/mol. The van der Waals surface area contributed by atoms with Crippen LogP contribution in [0.5, 0.6) is 0 Å². The molecule has 1 atom stereocenters. The summed E-state index contributed by atoms with van der Waals surface area (Å²) in [5.74, 6) is 0. The third-order valence-corrected chi connectivity index (χ3v) is 4.99. The molecule has 0 aromatic heterocycles. The van der Waals surface area contributed by atoms with Crippen LogP contribution in [0.2, 0.25) is 0 Å². The lowest BCUT2D eigenvalue weighted by molar-refractivity contribution is 0.209. The first-order valence-corrected chi connectivity index (χ1v) is 8.56. The van der Waals surface area contributed by atoms with Crippen molar-refractivity contribution in [2.24, 2.45) is 0 Å². The van der Waals surface area contributed by atoms with Gasteiger partial charge in [0.25, 0.3) is 0 Å². The Balaban J connectivity index is 1.66. The van der Waals surface area contributed by atoms with Gasteiger partial charge in [-0.15, -0.1) is 0 Å². The van der Waals surface area contributed by atoms with Gasteiger partial charge in [-0.3, -0.25) is 4.90 Å². The Hall–Kier alpha value is -1.06. The fourth-order valence-electron chi connectivity index (χ4n) is 3.57. The Labute approximate surface area is 129 Å². The summed E-state index contributed by atoms with van der Waals surface area (Å²) in [6.45, 7) is 10.4. The molecule has 3 heteroatoms. The Morgan fingerprint density at radius 2 is 1.90 bits per heavy atom. The summed E-state index contributed by atoms with van der Waals surface area (Å²) >= 11 is 0. The predicted molar refractivity (Wildman–Crippen MR) is 90.0 cm³/mol. The number of nitrogens with one attached hydrogen (secondary N) is 1. The number of rotatable bonds is 3. The van der Waals surface area contributed by atoms with Gasteiger partial charge >= 0.3 is 0 Å². The molecule has 2 aliphatic heterocycles. The van der Waals surface area contributed by atoms with Crippen LogP contribution >= 0.6 is 0 Å². The van der Waals surface area contributed by atoms with Crippen LogP contribution in [0.4, 0.5) is 5.69 Å². The maximum atomic E-state index is 3.66. The van der Waals surface area contributed by atoms with Crippen molar-refractivity contribution in [2.75, 3.05) is 37.6 Å². The highest BCUT2D eigenvalue weighted by Gasteiger charge is 2.20. The average Bonchev–Trinajstić information content (AvgIpc) is 2.56. The second-order valence-electron chi connectivity index (χ2n) is 6.71. The molecule has 0 amide bonds. The van der Waals surface area contributed by atoms with E-state index in [4.69, 9.17) is 0 Å². The SMILES string of the molecule is CC(C)N1CCN(c2cccc(C3CCCCN3)c2)CC1. The highest BCUT2D eigenvalue weighted by Crippen LogP contribution is 2.27. The highest BCUT2D eigenvalue weighted by atomic mass is 15.3. The quantitative estimate of drug-likeness (QED) is 0.922. The molecule has 1 unspecified atom stereocenters. The van der Waals surface area contributed by atoms with Crippen LogP contribution in [0.1, 0.15) is 44.7 Å². The third-order valence-electron chi connectivity index (χ3n) is 4.99. The lowest BCUT2D eigenvalue weighted by atomic mass is 9.97. The van der Waals surface area contributed by atoms with E-state index < -0.39 is 0 Å². The fraction of sp³-hybridized carbons (Fsp3) is 0.667. The standard InChI is InChI=1S/C18H29N3/c1-15(2)20-10-12-21(13-11-20)17-7-5-6-16(14-17)18-8-3-4-9-19-18/h5-7,14-15,18-19H,3-4,8-13H2,1-2H3. The smallest absolute Gasteiger partial charge is 0.0370 e. The van der Waals surface area contributed by atoms with Crippen LogP contribution in [0.25, 0.3) is 0 Å². The van der Waals surface area contributed by atoms with Gasteiger partial charge in [-0.2, -0.15) is 0 Å². The maximum absolute atomic E-state index is 3.66. The molecule has 0 spiro atoms. The number of benzene rings is 1. The molecule has 3 nitrogen and oxygen atoms in total. The Morgan fingerprint density at radius 1 is 1.10 bits per heavy atom. The fourth-order valence-corrected chi connectivity index (χ4v) is 3.57. The van der Waals surface area contributed by atoms with Crippen molar-refractivity contribution < 1.29 is 0 Å². The van der Waals surface area contributed by atoms with Crippen molar-refractivity contribution in [2.45, 2.75) is 45.2 Å². The zero-order valence-corrected chi connectivity index (χ0v) is 13.5. The van der Waals surface area contributed by atoms with Gasteiger partial charge in [-0.25, -0.2) is 0 Å². The van der Waals surface area contributed by atoms with Crippen molar-refractivity contribution in [1.29, 1.82) is 0 Å². The zero-order valence-electron chi connectivity index (χ0n) is 13.5. The highest BCUT2D eigenvalue weighted by molar-refractivity contribution is 5.49. The minimum absolute atomic E-state index is 0.565. The van der Waals surface area contributed by atoms with Gasteiger partial charge in [0.2, 0.25) is 0 Å². The molecule has 2 heterocycles. The van der Waals surface area contributed by atoms with Gasteiger partial charge in [-0.1, -0.05) is 18.6 Å². The van der Waals surface area contributed by atoms with Gasteiger partial charge in [-0.05, 0) is 50.9 Å². The topological polar surface area (TPSA) is 18.5 Å². The van der Waals surface area contributed by atoms with E-state index in [0.29, 0.717) is 12.1 Å². The first kappa shape index (κ1) is 14.9. The minimum atomic E-state index is 0.565. The van der Waals surface area contributed by atoms with Gasteiger partial charge in [0, 0.05) is 44.0 Å². The van der Waals surface area contributed by atoms with Crippen LogP contribution in [-0.2, 0) is 0 Å². The van der Waals surface area contributed by atoms with Crippen molar-refractivity contribution in [3.05, 3.63) is 29.8 Å². The largest absolute Gasteiger partial charge is 0.369 e. The lowest BCUT2D eigenvalue weighted by Crippen LogP contribution is -2.48. The van der Waals surface area contributed by atoms with Crippen molar-refractivity contribution >= 4 is 5.69 Å². The van der Waals surface area contributed by atoms with Crippen LogP contribution in [0, 0.1) is 0 Å². The van der Waals surface area contributed by atoms with E-state index in [9.17, 15) is 0 Å². The van der Waals surface area contributed by atoms with E-state index in [1.807, 2.05) is 0 Å². The number of piperidine rings is 1. The molecule has 3 rings (SSSR count). The Morgan fingerprint density at radius 3 is 2.57 bits per heavy atom. The van der Waals surface area contributed by atoms with E-state index in [2.05, 4.69) is 53.2 Å². The van der Waals surface area contributed by atoms with Crippen LogP contribution < -0.4 is 10.2 Å². The van der Waals surface area contributed by atoms with Gasteiger partial charge in [0.05, 0.1) is 0 Å². The van der Waals surface area contributed by atoms with Gasteiger partial charge in [0.15, 0.2) is 0 Å². The summed E-state index contributed by atoms with van der Waals surface area (Å²) in [7, 11) is 0. The maximum Gasteiger partial charge on any atom is 0.0370 e. The van der Waals surface area contributed by atoms with E-state index >= 15 is 0 Å². The summed E-state index contributed by atoms with van der Waals surface area (Å²) in [5.41, 5.74) is 2.88. The van der Waals surface area contributed by atoms with Crippen LogP contribution in [0.3, 0.4) is 0 Å². The number of hydrogen-bond donors (Lipinski definition) is 1. The first-order chi connectivity index (χ1) is 10.2. The molecule has 2 fully saturated rings. The van der Waals surface area contributed by atoms with E-state index in [0.717, 1.165) is 13.1 Å². The molecule has 1 aromatic rings. The molecule has 1 N–H and O–H groups in total. The monoisotopic (exact) mass is 287 g/mol. The summed E-state index contributed by atoms with van der Waals surface area (Å²) in [6.07, 6.45) is 3.97. The molecule has 0 aliphatic carbocycles. The number of anilines is 1. The minimum Gasteiger partial charge on any atom is -0.369 e. The van der Waals surface area contributed by atoms with Crippen molar-refractivity contribution in [1.82, 2.24) is 10.2 Å². The zero-order chi connectivity index (χ0) is 14.7. The summed E-state index contributed by atoms with van der Waals surface area (Å²) < 4.78 is 0. The summed E-state index contributed by atoms with van der Waals surface area (Å²) in [5, 5.41) is 3.66. The molecule has 0 saturated carbocycles. The second-order valence-corrected chi connectivity index (χ2v) is 6.71. The van der Waals surface area contributed by atoms with Crippen LogP contribution in [-0.4, -0.2) is 43.7 Å². The van der Waals surface area contributed by atoms with Crippen molar-refractivity contribution in [3.63, 3.8) is 0 Å². The summed E-state index contributed by atoms with van der Waals surface area (Å²) in [4.78, 5) is 5.12. The van der Waals surface area contributed by atoms with E-state index in [-0.39, 0.29) is 0 Å². The molecular formula is C18H29N3. The molecule has 116 valence electrons. The Kier molecular flexibility index (Phi) is 4.81. The molecule has 21 heavy (non-hydrogen) atoms. The van der Waals surface area contributed by atoms with E-state index in [1.54, 1.807) is 0 Å². The first-order valence-electron chi connectivity index (χ1n) is 8.56. The molecule has 0 bridgehead atoms. The normalized spacial score (nSPS) is 24.5. The van der Waals surface area contributed by atoms with Crippen molar-refractivity contribution in [3.8, 4) is 0 Å². The average molecular weight is 287 g/mol. The van der Waals surface area contributed by atoms with E-state index in [1.165, 1.54) is 50.1 Å². The molecule has 2 saturated heterocycles. The van der Waals surface area contributed by atoms with Crippen LogP contribution in [0.15, 0.2) is 24.3 Å².